The van der Waals surface area contributed by atoms with E-state index >= 15 is 0 Å². The Bertz CT molecular complexity index is 601. The predicted molar refractivity (Wildman–Crippen MR) is 79.9 cm³/mol. The summed E-state index contributed by atoms with van der Waals surface area (Å²) in [5, 5.41) is 10.3. The third-order valence-electron chi connectivity index (χ3n) is 3.99. The van der Waals surface area contributed by atoms with Gasteiger partial charge >= 0.3 is 0 Å². The van der Waals surface area contributed by atoms with Crippen molar-refractivity contribution in [1.29, 1.82) is 0 Å². The Morgan fingerprint density at radius 2 is 1.90 bits per heavy atom. The second-order valence-corrected chi connectivity index (χ2v) is 5.49. The number of aliphatic hydroxyl groups is 1. The lowest BCUT2D eigenvalue weighted by Crippen LogP contribution is -2.19. The molecule has 2 atom stereocenters. The van der Waals surface area contributed by atoms with Gasteiger partial charge in [0.1, 0.15) is 11.9 Å². The van der Waals surface area contributed by atoms with Crippen LogP contribution in [-0.4, -0.2) is 5.11 Å². The van der Waals surface area contributed by atoms with Crippen LogP contribution >= 0.6 is 0 Å². The van der Waals surface area contributed by atoms with Crippen molar-refractivity contribution in [1.82, 2.24) is 0 Å². The first kappa shape index (κ1) is 13.2. The quantitative estimate of drug-likeness (QED) is 0.888. The standard InChI is InChI=1S/C18H20O2/c1-3-13-5-7-14(8-6-13)18-11-16(19)15-10-12(2)4-9-17(15)20-18/h4-10,16,18-19H,3,11H2,1-2H3. The number of hydrogen-bond acceptors (Lipinski definition) is 2. The van der Waals surface area contributed by atoms with Crippen molar-refractivity contribution in [2.24, 2.45) is 0 Å². The summed E-state index contributed by atoms with van der Waals surface area (Å²) in [5.41, 5.74) is 4.51. The van der Waals surface area contributed by atoms with E-state index in [1.54, 1.807) is 0 Å². The van der Waals surface area contributed by atoms with E-state index in [9.17, 15) is 5.11 Å². The number of rotatable bonds is 2. The molecule has 2 nitrogen and oxygen atoms in total. The van der Waals surface area contributed by atoms with Crippen LogP contribution in [0.3, 0.4) is 0 Å². The van der Waals surface area contributed by atoms with E-state index in [4.69, 9.17) is 4.74 Å². The molecule has 0 fully saturated rings. The summed E-state index contributed by atoms with van der Waals surface area (Å²) >= 11 is 0. The van der Waals surface area contributed by atoms with Crippen molar-refractivity contribution in [3.8, 4) is 5.75 Å². The maximum Gasteiger partial charge on any atom is 0.127 e. The minimum Gasteiger partial charge on any atom is -0.485 e. The summed E-state index contributed by atoms with van der Waals surface area (Å²) in [7, 11) is 0. The fourth-order valence-electron chi connectivity index (χ4n) is 2.74. The highest BCUT2D eigenvalue weighted by molar-refractivity contribution is 5.41. The van der Waals surface area contributed by atoms with Gasteiger partial charge in [0.25, 0.3) is 0 Å². The zero-order chi connectivity index (χ0) is 14.1. The Balaban J connectivity index is 1.88. The van der Waals surface area contributed by atoms with Crippen LogP contribution in [0.15, 0.2) is 42.5 Å². The van der Waals surface area contributed by atoms with Crippen LogP contribution in [0.25, 0.3) is 0 Å². The number of aliphatic hydroxyl groups excluding tert-OH is 1. The predicted octanol–water partition coefficient (Wildman–Crippen LogP) is 4.11. The van der Waals surface area contributed by atoms with E-state index in [-0.39, 0.29) is 6.10 Å². The van der Waals surface area contributed by atoms with Gasteiger partial charge in [0, 0.05) is 12.0 Å². The molecule has 0 radical (unpaired) electrons. The van der Waals surface area contributed by atoms with Gasteiger partial charge < -0.3 is 9.84 Å². The van der Waals surface area contributed by atoms with E-state index in [2.05, 4.69) is 31.2 Å². The molecule has 1 heterocycles. The first-order valence-electron chi connectivity index (χ1n) is 7.21. The first-order valence-corrected chi connectivity index (χ1v) is 7.21. The van der Waals surface area contributed by atoms with Gasteiger partial charge in [-0.15, -0.1) is 0 Å². The second-order valence-electron chi connectivity index (χ2n) is 5.49. The largest absolute Gasteiger partial charge is 0.485 e. The van der Waals surface area contributed by atoms with Gasteiger partial charge in [-0.1, -0.05) is 42.8 Å². The van der Waals surface area contributed by atoms with Crippen LogP contribution in [0.2, 0.25) is 0 Å². The molecular formula is C18H20O2. The minimum absolute atomic E-state index is 0.0638. The molecule has 0 spiro atoms. The molecule has 1 aliphatic heterocycles. The van der Waals surface area contributed by atoms with Crippen molar-refractivity contribution in [2.75, 3.05) is 0 Å². The van der Waals surface area contributed by atoms with Crippen molar-refractivity contribution in [3.63, 3.8) is 0 Å². The minimum atomic E-state index is -0.450. The second kappa shape index (κ2) is 5.29. The van der Waals surface area contributed by atoms with Gasteiger partial charge in [-0.3, -0.25) is 0 Å². The van der Waals surface area contributed by atoms with E-state index in [1.165, 1.54) is 5.56 Å². The van der Waals surface area contributed by atoms with E-state index in [1.807, 2.05) is 25.1 Å². The molecule has 0 aliphatic carbocycles. The zero-order valence-corrected chi connectivity index (χ0v) is 12.0. The fourth-order valence-corrected chi connectivity index (χ4v) is 2.74. The summed E-state index contributed by atoms with van der Waals surface area (Å²) in [5.74, 6) is 0.805. The number of benzene rings is 2. The highest BCUT2D eigenvalue weighted by atomic mass is 16.5. The van der Waals surface area contributed by atoms with Crippen molar-refractivity contribution < 1.29 is 9.84 Å². The molecule has 2 aromatic carbocycles. The smallest absolute Gasteiger partial charge is 0.127 e. The van der Waals surface area contributed by atoms with Gasteiger partial charge in [-0.25, -0.2) is 0 Å². The Morgan fingerprint density at radius 1 is 1.15 bits per heavy atom. The van der Waals surface area contributed by atoms with E-state index in [0.29, 0.717) is 6.42 Å². The number of hydrogen-bond donors (Lipinski definition) is 1. The lowest BCUT2D eigenvalue weighted by Gasteiger charge is -2.30. The van der Waals surface area contributed by atoms with Crippen LogP contribution in [0, 0.1) is 6.92 Å². The van der Waals surface area contributed by atoms with Crippen LogP contribution in [-0.2, 0) is 6.42 Å². The van der Waals surface area contributed by atoms with Crippen LogP contribution in [0.1, 0.15) is 47.8 Å². The molecule has 3 rings (SSSR count). The maximum atomic E-state index is 10.3. The number of ether oxygens (including phenoxy) is 1. The maximum absolute atomic E-state index is 10.3. The van der Waals surface area contributed by atoms with Crippen molar-refractivity contribution in [3.05, 3.63) is 64.7 Å². The molecule has 2 unspecified atom stereocenters. The fraction of sp³-hybridized carbons (Fsp3) is 0.333. The molecule has 1 aliphatic rings. The molecule has 0 amide bonds. The van der Waals surface area contributed by atoms with Gasteiger partial charge in [0.2, 0.25) is 0 Å². The van der Waals surface area contributed by atoms with Crippen LogP contribution < -0.4 is 4.74 Å². The molecule has 0 saturated carbocycles. The van der Waals surface area contributed by atoms with Gasteiger partial charge in [-0.2, -0.15) is 0 Å². The van der Waals surface area contributed by atoms with Crippen molar-refractivity contribution >= 4 is 0 Å². The summed E-state index contributed by atoms with van der Waals surface area (Å²) in [6.07, 6.45) is 1.14. The van der Waals surface area contributed by atoms with Crippen LogP contribution in [0.4, 0.5) is 0 Å². The Labute approximate surface area is 120 Å². The Hall–Kier alpha value is -1.80. The van der Waals surface area contributed by atoms with Crippen molar-refractivity contribution in [2.45, 2.75) is 38.9 Å². The van der Waals surface area contributed by atoms with Gasteiger partial charge in [0.05, 0.1) is 6.10 Å². The Morgan fingerprint density at radius 3 is 2.60 bits per heavy atom. The molecule has 20 heavy (non-hydrogen) atoms. The van der Waals surface area contributed by atoms with Gasteiger partial charge in [0.15, 0.2) is 0 Å². The topological polar surface area (TPSA) is 29.5 Å². The molecular weight excluding hydrogens is 248 g/mol. The monoisotopic (exact) mass is 268 g/mol. The third-order valence-corrected chi connectivity index (χ3v) is 3.99. The average Bonchev–Trinajstić information content (AvgIpc) is 2.48. The molecule has 2 aromatic rings. The van der Waals surface area contributed by atoms with Gasteiger partial charge in [-0.05, 0) is 36.6 Å². The SMILES string of the molecule is CCc1ccc(C2CC(O)c3cc(C)ccc3O2)cc1. The molecule has 0 bridgehead atoms. The van der Waals surface area contributed by atoms with Crippen LogP contribution in [0.5, 0.6) is 5.75 Å². The lowest BCUT2D eigenvalue weighted by molar-refractivity contribution is 0.0657. The first-order chi connectivity index (χ1) is 9.67. The highest BCUT2D eigenvalue weighted by Gasteiger charge is 2.27. The normalized spacial score (nSPS) is 21.1. The van der Waals surface area contributed by atoms with E-state index < -0.39 is 6.10 Å². The summed E-state index contributed by atoms with van der Waals surface area (Å²) in [6.45, 7) is 4.18. The summed E-state index contributed by atoms with van der Waals surface area (Å²) < 4.78 is 6.06. The third kappa shape index (κ3) is 2.44. The highest BCUT2D eigenvalue weighted by Crippen LogP contribution is 2.41. The average molecular weight is 268 g/mol. The summed E-state index contributed by atoms with van der Waals surface area (Å²) in [4.78, 5) is 0. The number of fused-ring (bicyclic) bond motifs is 1. The summed E-state index contributed by atoms with van der Waals surface area (Å²) in [6, 6.07) is 14.5. The molecule has 104 valence electrons. The molecule has 0 aromatic heterocycles. The molecule has 1 N–H and O–H groups in total. The Kier molecular flexibility index (Phi) is 3.49. The molecule has 2 heteroatoms. The number of aryl methyl sites for hydroxylation is 2. The lowest BCUT2D eigenvalue weighted by atomic mass is 9.93. The molecule has 0 saturated heterocycles. The van der Waals surface area contributed by atoms with E-state index in [0.717, 1.165) is 28.9 Å². The zero-order valence-electron chi connectivity index (χ0n) is 12.0.